The third-order valence-electron chi connectivity index (χ3n) is 4.08. The first-order chi connectivity index (χ1) is 10.1. The van der Waals surface area contributed by atoms with Gasteiger partial charge >= 0.3 is 0 Å². The molecule has 1 saturated carbocycles. The highest BCUT2D eigenvalue weighted by Crippen LogP contribution is 2.30. The first-order valence-corrected chi connectivity index (χ1v) is 8.38. The molecule has 4 heteroatoms. The number of aromatic nitrogens is 1. The highest BCUT2D eigenvalue weighted by molar-refractivity contribution is 7.14. The number of nitrogens with zero attached hydrogens (tertiary/aromatic N) is 1. The maximum Gasteiger partial charge on any atom is 0.229 e. The molecule has 1 aromatic carbocycles. The van der Waals surface area contributed by atoms with Gasteiger partial charge in [0.1, 0.15) is 0 Å². The zero-order valence-corrected chi connectivity index (χ0v) is 13.2. The van der Waals surface area contributed by atoms with Crippen LogP contribution in [0.2, 0.25) is 0 Å². The Labute approximate surface area is 129 Å². The minimum absolute atomic E-state index is 0.123. The molecule has 0 atom stereocenters. The van der Waals surface area contributed by atoms with Gasteiger partial charge in [0.15, 0.2) is 5.13 Å². The van der Waals surface area contributed by atoms with Crippen molar-refractivity contribution >= 4 is 22.4 Å². The van der Waals surface area contributed by atoms with Gasteiger partial charge in [-0.1, -0.05) is 44.5 Å². The van der Waals surface area contributed by atoms with Crippen molar-refractivity contribution in [2.45, 2.75) is 39.0 Å². The first-order valence-electron chi connectivity index (χ1n) is 7.50. The molecule has 0 aliphatic heterocycles. The second kappa shape index (κ2) is 5.98. The van der Waals surface area contributed by atoms with E-state index in [1.54, 1.807) is 0 Å². The number of hydrogen-bond acceptors (Lipinski definition) is 3. The Morgan fingerprint density at radius 3 is 2.57 bits per heavy atom. The summed E-state index contributed by atoms with van der Waals surface area (Å²) in [5.41, 5.74) is 3.35. The molecule has 0 bridgehead atoms. The van der Waals surface area contributed by atoms with E-state index in [4.69, 9.17) is 0 Å². The van der Waals surface area contributed by atoms with Gasteiger partial charge in [0.05, 0.1) is 5.69 Å². The second-order valence-corrected chi connectivity index (χ2v) is 6.79. The summed E-state index contributed by atoms with van der Waals surface area (Å²) in [6, 6.07) is 8.49. The van der Waals surface area contributed by atoms with Crippen molar-refractivity contribution in [2.75, 3.05) is 5.32 Å². The van der Waals surface area contributed by atoms with Crippen LogP contribution in [0.15, 0.2) is 29.6 Å². The van der Waals surface area contributed by atoms with E-state index >= 15 is 0 Å². The molecular weight excluding hydrogens is 280 g/mol. The number of carbonyl (C=O) groups excluding carboxylic acids is 1. The topological polar surface area (TPSA) is 42.0 Å². The fourth-order valence-corrected chi connectivity index (χ4v) is 3.10. The third kappa shape index (κ3) is 3.16. The van der Waals surface area contributed by atoms with Gasteiger partial charge in [0, 0.05) is 16.9 Å². The predicted octanol–water partition coefficient (Wildman–Crippen LogP) is 4.67. The zero-order chi connectivity index (χ0) is 14.8. The number of anilines is 1. The molecule has 2 aromatic rings. The Bertz CT molecular complexity index is 626. The fourth-order valence-electron chi connectivity index (χ4n) is 2.38. The zero-order valence-electron chi connectivity index (χ0n) is 12.4. The Balaban J connectivity index is 1.70. The molecule has 0 radical (unpaired) electrons. The highest BCUT2D eigenvalue weighted by atomic mass is 32.1. The predicted molar refractivity (Wildman–Crippen MR) is 87.6 cm³/mol. The molecule has 3 rings (SSSR count). The Morgan fingerprint density at radius 1 is 1.29 bits per heavy atom. The van der Waals surface area contributed by atoms with E-state index < -0.39 is 0 Å². The van der Waals surface area contributed by atoms with Crippen LogP contribution >= 0.6 is 11.3 Å². The maximum absolute atomic E-state index is 11.9. The normalized spacial score (nSPS) is 15.0. The molecular formula is C17H20N2OS. The van der Waals surface area contributed by atoms with Crippen molar-refractivity contribution in [3.8, 4) is 11.3 Å². The molecule has 1 aromatic heterocycles. The Kier molecular flexibility index (Phi) is 4.06. The lowest BCUT2D eigenvalue weighted by Crippen LogP contribution is -2.27. The summed E-state index contributed by atoms with van der Waals surface area (Å²) in [6.07, 6.45) is 3.20. The third-order valence-corrected chi connectivity index (χ3v) is 4.84. The van der Waals surface area contributed by atoms with Gasteiger partial charge in [0.25, 0.3) is 0 Å². The van der Waals surface area contributed by atoms with Gasteiger partial charge in [-0.15, -0.1) is 11.3 Å². The molecule has 110 valence electrons. The summed E-state index contributed by atoms with van der Waals surface area (Å²) in [4.78, 5) is 16.4. The number of benzene rings is 1. The van der Waals surface area contributed by atoms with E-state index in [0.29, 0.717) is 11.0 Å². The number of hydrogen-bond donors (Lipinski definition) is 1. The lowest BCUT2D eigenvalue weighted by atomic mass is 9.85. The van der Waals surface area contributed by atoms with Gasteiger partial charge in [-0.25, -0.2) is 4.98 Å². The molecule has 1 fully saturated rings. The van der Waals surface area contributed by atoms with Crippen LogP contribution in [0.3, 0.4) is 0 Å². The SMILES string of the molecule is CC(C)c1ccc(-c2csc(NC(=O)C3CCC3)n2)cc1. The summed E-state index contributed by atoms with van der Waals surface area (Å²) < 4.78 is 0. The van der Waals surface area contributed by atoms with Gasteiger partial charge in [-0.05, 0) is 24.3 Å². The van der Waals surface area contributed by atoms with E-state index in [0.717, 1.165) is 24.1 Å². The Morgan fingerprint density at radius 2 is 2.00 bits per heavy atom. The van der Waals surface area contributed by atoms with Crippen LogP contribution in [0.1, 0.15) is 44.6 Å². The lowest BCUT2D eigenvalue weighted by Gasteiger charge is -2.23. The average Bonchev–Trinajstić information content (AvgIpc) is 2.85. The molecule has 21 heavy (non-hydrogen) atoms. The standard InChI is InChI=1S/C17H20N2OS/c1-11(2)12-6-8-13(9-7-12)15-10-21-17(18-15)19-16(20)14-4-3-5-14/h6-11,14H,3-5H2,1-2H3,(H,18,19,20). The van der Waals surface area contributed by atoms with Crippen LogP contribution in [0, 0.1) is 5.92 Å². The smallest absolute Gasteiger partial charge is 0.229 e. The molecule has 1 amide bonds. The second-order valence-electron chi connectivity index (χ2n) is 5.93. The van der Waals surface area contributed by atoms with Gasteiger partial charge in [0.2, 0.25) is 5.91 Å². The van der Waals surface area contributed by atoms with Gasteiger partial charge in [-0.2, -0.15) is 0 Å². The molecule has 0 unspecified atom stereocenters. The minimum Gasteiger partial charge on any atom is -0.302 e. The number of rotatable bonds is 4. The van der Waals surface area contributed by atoms with Crippen LogP contribution < -0.4 is 5.32 Å². The van der Waals surface area contributed by atoms with Crippen LogP contribution in [-0.2, 0) is 4.79 Å². The van der Waals surface area contributed by atoms with E-state index in [9.17, 15) is 4.79 Å². The van der Waals surface area contributed by atoms with Crippen molar-refractivity contribution in [1.82, 2.24) is 4.98 Å². The lowest BCUT2D eigenvalue weighted by molar-refractivity contribution is -0.122. The molecule has 1 aliphatic rings. The summed E-state index contributed by atoms with van der Waals surface area (Å²) in [7, 11) is 0. The van der Waals surface area contributed by atoms with Crippen LogP contribution in [0.5, 0.6) is 0 Å². The molecule has 1 aliphatic carbocycles. The van der Waals surface area contributed by atoms with E-state index in [2.05, 4.69) is 48.4 Å². The highest BCUT2D eigenvalue weighted by Gasteiger charge is 2.25. The molecule has 1 N–H and O–H groups in total. The monoisotopic (exact) mass is 300 g/mol. The minimum atomic E-state index is 0.123. The van der Waals surface area contributed by atoms with Gasteiger partial charge < -0.3 is 5.32 Å². The van der Waals surface area contributed by atoms with Crippen molar-refractivity contribution in [3.63, 3.8) is 0 Å². The molecule has 1 heterocycles. The van der Waals surface area contributed by atoms with Crippen LogP contribution in [-0.4, -0.2) is 10.9 Å². The van der Waals surface area contributed by atoms with E-state index in [1.807, 2.05) is 5.38 Å². The summed E-state index contributed by atoms with van der Waals surface area (Å²) in [5, 5.41) is 5.64. The van der Waals surface area contributed by atoms with E-state index in [-0.39, 0.29) is 11.8 Å². The average molecular weight is 300 g/mol. The summed E-state index contributed by atoms with van der Waals surface area (Å²) in [5.74, 6) is 0.854. The maximum atomic E-state index is 11.9. The molecule has 0 saturated heterocycles. The van der Waals surface area contributed by atoms with E-state index in [1.165, 1.54) is 23.3 Å². The van der Waals surface area contributed by atoms with Crippen molar-refractivity contribution in [1.29, 1.82) is 0 Å². The largest absolute Gasteiger partial charge is 0.302 e. The molecule has 3 nitrogen and oxygen atoms in total. The van der Waals surface area contributed by atoms with Gasteiger partial charge in [-0.3, -0.25) is 4.79 Å². The summed E-state index contributed by atoms with van der Waals surface area (Å²) >= 11 is 1.49. The number of nitrogens with one attached hydrogen (secondary N) is 1. The molecule has 0 spiro atoms. The quantitative estimate of drug-likeness (QED) is 0.891. The summed E-state index contributed by atoms with van der Waals surface area (Å²) in [6.45, 7) is 4.37. The Hall–Kier alpha value is -1.68. The van der Waals surface area contributed by atoms with Crippen molar-refractivity contribution in [3.05, 3.63) is 35.2 Å². The first kappa shape index (κ1) is 14.3. The van der Waals surface area contributed by atoms with Crippen LogP contribution in [0.4, 0.5) is 5.13 Å². The number of thiazole rings is 1. The van der Waals surface area contributed by atoms with Crippen molar-refractivity contribution < 1.29 is 4.79 Å². The number of carbonyl (C=O) groups is 1. The van der Waals surface area contributed by atoms with Crippen molar-refractivity contribution in [2.24, 2.45) is 5.92 Å². The van der Waals surface area contributed by atoms with Crippen LogP contribution in [0.25, 0.3) is 11.3 Å². The fraction of sp³-hybridized carbons (Fsp3) is 0.412. The number of amides is 1.